The topological polar surface area (TPSA) is 26.3 Å². The van der Waals surface area contributed by atoms with Crippen LogP contribution in [0.25, 0.3) is 0 Å². The third-order valence-electron chi connectivity index (χ3n) is 10.3. The number of allylic oxidation sites excluding steroid dienone is 1. The number of hydrogen-bond donors (Lipinski definition) is 0. The van der Waals surface area contributed by atoms with Gasteiger partial charge in [0.25, 0.3) is 0 Å². The maximum atomic E-state index is 12.1. The summed E-state index contributed by atoms with van der Waals surface area (Å²) in [7, 11) is 0. The summed E-state index contributed by atoms with van der Waals surface area (Å²) in [6, 6.07) is 0. The molecule has 0 radical (unpaired) electrons. The van der Waals surface area contributed by atoms with Crippen LogP contribution < -0.4 is 0 Å². The summed E-state index contributed by atoms with van der Waals surface area (Å²) in [6.45, 7) is 14.5. The third kappa shape index (κ3) is 36.1. The van der Waals surface area contributed by atoms with Crippen LogP contribution in [-0.4, -0.2) is 12.6 Å². The van der Waals surface area contributed by atoms with Crippen LogP contribution in [0.2, 0.25) is 0 Å². The maximum Gasteiger partial charge on any atom is 0.306 e. The van der Waals surface area contributed by atoms with Crippen molar-refractivity contribution in [2.75, 3.05) is 6.61 Å². The average Bonchev–Trinajstić information content (AvgIpc) is 3.01. The van der Waals surface area contributed by atoms with Gasteiger partial charge in [0.15, 0.2) is 0 Å². The molecule has 0 aromatic carbocycles. The van der Waals surface area contributed by atoms with Gasteiger partial charge in [-0.1, -0.05) is 214 Å². The number of carbonyl (C=O) groups is 1. The van der Waals surface area contributed by atoms with Gasteiger partial charge in [-0.2, -0.15) is 0 Å². The summed E-state index contributed by atoms with van der Waals surface area (Å²) in [5, 5.41) is 0. The summed E-state index contributed by atoms with van der Waals surface area (Å²) in [4.78, 5) is 12.1. The van der Waals surface area contributed by atoms with Crippen molar-refractivity contribution >= 4 is 5.97 Å². The van der Waals surface area contributed by atoms with Crippen molar-refractivity contribution < 1.29 is 9.53 Å². The Morgan fingerprint density at radius 1 is 0.478 bits per heavy atom. The predicted molar refractivity (Wildman–Crippen MR) is 207 cm³/mol. The average molecular weight is 647 g/mol. The normalized spacial score (nSPS) is 13.4. The first-order valence-electron chi connectivity index (χ1n) is 21.2. The Morgan fingerprint density at radius 3 is 1.26 bits per heavy atom. The minimum Gasteiger partial charge on any atom is -0.461 e. The van der Waals surface area contributed by atoms with Gasteiger partial charge in [-0.25, -0.2) is 0 Å². The highest BCUT2D eigenvalue weighted by Crippen LogP contribution is 2.22. The lowest BCUT2D eigenvalue weighted by Crippen LogP contribution is -2.04. The molecule has 0 aliphatic rings. The number of unbranched alkanes of at least 4 members (excludes halogenated alkanes) is 20. The Hall–Kier alpha value is -0.790. The molecular weight excluding hydrogens is 560 g/mol. The summed E-state index contributed by atoms with van der Waals surface area (Å²) >= 11 is 0. The highest BCUT2D eigenvalue weighted by atomic mass is 16.5. The van der Waals surface area contributed by atoms with E-state index in [1.807, 2.05) is 0 Å². The molecule has 0 amide bonds. The minimum absolute atomic E-state index is 0.0195. The zero-order chi connectivity index (χ0) is 33.9. The van der Waals surface area contributed by atoms with Gasteiger partial charge in [-0.05, 0) is 50.0 Å². The first-order chi connectivity index (χ1) is 22.3. The molecular formula is C44H86O2. The molecule has 0 aliphatic carbocycles. The maximum absolute atomic E-state index is 12.1. The van der Waals surface area contributed by atoms with E-state index in [0.717, 1.165) is 37.0 Å². The van der Waals surface area contributed by atoms with Crippen molar-refractivity contribution in [1.29, 1.82) is 0 Å². The van der Waals surface area contributed by atoms with Gasteiger partial charge in [0.2, 0.25) is 0 Å². The van der Waals surface area contributed by atoms with Gasteiger partial charge in [-0.3, -0.25) is 4.79 Å². The monoisotopic (exact) mass is 647 g/mol. The van der Waals surface area contributed by atoms with Crippen LogP contribution in [0.3, 0.4) is 0 Å². The molecule has 0 aliphatic heterocycles. The van der Waals surface area contributed by atoms with Crippen LogP contribution in [-0.2, 0) is 9.53 Å². The Bertz CT molecular complexity index is 650. The molecule has 274 valence electrons. The van der Waals surface area contributed by atoms with Crippen molar-refractivity contribution in [2.24, 2.45) is 17.8 Å². The van der Waals surface area contributed by atoms with Crippen LogP contribution in [0.5, 0.6) is 0 Å². The molecule has 0 rings (SSSR count). The van der Waals surface area contributed by atoms with Crippen LogP contribution in [0.4, 0.5) is 0 Å². The fourth-order valence-electron chi connectivity index (χ4n) is 6.86. The largest absolute Gasteiger partial charge is 0.461 e. The number of hydrogen-bond acceptors (Lipinski definition) is 2. The Morgan fingerprint density at radius 2 is 0.848 bits per heavy atom. The molecule has 2 atom stereocenters. The SMILES string of the molecule is CCCCCCCCCCCCCCCCCCCCCCCC(=O)OCC=C(C)CCCC(C)CCCC(C)CCCC(C)C. The van der Waals surface area contributed by atoms with Crippen molar-refractivity contribution in [3.63, 3.8) is 0 Å². The van der Waals surface area contributed by atoms with Gasteiger partial charge in [0.05, 0.1) is 0 Å². The highest BCUT2D eigenvalue weighted by Gasteiger charge is 2.07. The number of ether oxygens (including phenoxy) is 1. The van der Waals surface area contributed by atoms with E-state index in [-0.39, 0.29) is 5.97 Å². The number of esters is 1. The Kier molecular flexibility index (Phi) is 34.9. The Balaban J connectivity index is 3.44. The van der Waals surface area contributed by atoms with Gasteiger partial charge < -0.3 is 4.74 Å². The first-order valence-corrected chi connectivity index (χ1v) is 21.2. The molecule has 0 N–H and O–H groups in total. The van der Waals surface area contributed by atoms with Gasteiger partial charge in [0, 0.05) is 6.42 Å². The number of carbonyl (C=O) groups excluding carboxylic acids is 1. The molecule has 0 heterocycles. The lowest BCUT2D eigenvalue weighted by molar-refractivity contribution is -0.142. The quantitative estimate of drug-likeness (QED) is 0.0384. The molecule has 2 unspecified atom stereocenters. The van der Waals surface area contributed by atoms with Crippen LogP contribution in [0, 0.1) is 17.8 Å². The lowest BCUT2D eigenvalue weighted by Gasteiger charge is -2.15. The van der Waals surface area contributed by atoms with E-state index in [4.69, 9.17) is 4.74 Å². The fourth-order valence-corrected chi connectivity index (χ4v) is 6.86. The second-order valence-electron chi connectivity index (χ2n) is 15.9. The second kappa shape index (κ2) is 35.5. The van der Waals surface area contributed by atoms with E-state index in [9.17, 15) is 4.79 Å². The molecule has 0 aromatic heterocycles. The molecule has 0 spiro atoms. The highest BCUT2D eigenvalue weighted by molar-refractivity contribution is 5.69. The summed E-state index contributed by atoms with van der Waals surface area (Å²) in [6.07, 6.45) is 43.9. The van der Waals surface area contributed by atoms with E-state index in [2.05, 4.69) is 47.6 Å². The molecule has 0 aromatic rings. The lowest BCUT2D eigenvalue weighted by atomic mass is 9.91. The summed E-state index contributed by atoms with van der Waals surface area (Å²) < 4.78 is 5.48. The summed E-state index contributed by atoms with van der Waals surface area (Å²) in [5.74, 6) is 2.54. The molecule has 0 saturated heterocycles. The molecule has 2 heteroatoms. The fraction of sp³-hybridized carbons (Fsp3) is 0.932. The van der Waals surface area contributed by atoms with E-state index in [0.29, 0.717) is 13.0 Å². The van der Waals surface area contributed by atoms with Crippen LogP contribution >= 0.6 is 0 Å². The van der Waals surface area contributed by atoms with Crippen molar-refractivity contribution in [3.8, 4) is 0 Å². The Labute approximate surface area is 291 Å². The molecule has 46 heavy (non-hydrogen) atoms. The molecule has 0 saturated carbocycles. The zero-order valence-corrected chi connectivity index (χ0v) is 32.8. The van der Waals surface area contributed by atoms with E-state index < -0.39 is 0 Å². The van der Waals surface area contributed by atoms with Crippen molar-refractivity contribution in [2.45, 2.75) is 241 Å². The number of rotatable bonds is 36. The van der Waals surface area contributed by atoms with Crippen LogP contribution in [0.1, 0.15) is 241 Å². The van der Waals surface area contributed by atoms with E-state index >= 15 is 0 Å². The van der Waals surface area contributed by atoms with Gasteiger partial charge >= 0.3 is 5.97 Å². The van der Waals surface area contributed by atoms with E-state index in [1.165, 1.54) is 179 Å². The molecule has 0 bridgehead atoms. The minimum atomic E-state index is -0.0195. The predicted octanol–water partition coefficient (Wildman–Crippen LogP) is 15.5. The molecule has 0 fully saturated rings. The summed E-state index contributed by atoms with van der Waals surface area (Å²) in [5.41, 5.74) is 1.37. The van der Waals surface area contributed by atoms with Crippen molar-refractivity contribution in [3.05, 3.63) is 11.6 Å². The van der Waals surface area contributed by atoms with E-state index in [1.54, 1.807) is 0 Å². The first kappa shape index (κ1) is 45.2. The standard InChI is InChI=1S/C44H86O2/c1-7-8-9-10-11-12-13-14-15-16-17-18-19-20-21-22-23-24-25-26-27-37-44(45)46-39-38-43(6)36-30-35-42(5)34-29-33-41(4)32-28-31-40(2)3/h38,40-42H,7-37,39H2,1-6H3. The van der Waals surface area contributed by atoms with Crippen molar-refractivity contribution in [1.82, 2.24) is 0 Å². The third-order valence-corrected chi connectivity index (χ3v) is 10.3. The second-order valence-corrected chi connectivity index (χ2v) is 15.9. The molecule has 2 nitrogen and oxygen atoms in total. The van der Waals surface area contributed by atoms with Gasteiger partial charge in [0.1, 0.15) is 6.61 Å². The smallest absolute Gasteiger partial charge is 0.306 e. The zero-order valence-electron chi connectivity index (χ0n) is 32.8. The van der Waals surface area contributed by atoms with Gasteiger partial charge in [-0.15, -0.1) is 0 Å². The van der Waals surface area contributed by atoms with Crippen LogP contribution in [0.15, 0.2) is 11.6 Å².